The second-order valence-electron chi connectivity index (χ2n) is 13.2. The highest BCUT2D eigenvalue weighted by atomic mass is 19.3. The zero-order valence-corrected chi connectivity index (χ0v) is 26.6. The van der Waals surface area contributed by atoms with Crippen LogP contribution >= 0.6 is 0 Å². The second kappa shape index (κ2) is 14.0. The van der Waals surface area contributed by atoms with Gasteiger partial charge in [0.05, 0.1) is 18.2 Å². The number of hydrogen-bond acceptors (Lipinski definition) is 6. The monoisotopic (exact) mass is 620 g/mol. The van der Waals surface area contributed by atoms with Crippen molar-refractivity contribution in [3.8, 4) is 0 Å². The Morgan fingerprint density at radius 3 is 2.23 bits per heavy atom. The highest BCUT2D eigenvalue weighted by molar-refractivity contribution is 6.38. The number of alkyl carbamates (subject to hydrolysis) is 1. The van der Waals surface area contributed by atoms with Crippen LogP contribution in [0.25, 0.3) is 0 Å². The minimum absolute atomic E-state index is 0.00397. The number of nitrogens with zero attached hydrogens (tertiary/aromatic N) is 1. The Hall–Kier alpha value is -3.57. The first-order chi connectivity index (χ1) is 20.5. The average molecular weight is 621 g/mol. The molecule has 12 heteroatoms. The minimum Gasteiger partial charge on any atom is -0.447 e. The Labute approximate surface area is 258 Å². The number of hydrogen-bond donors (Lipinski definition) is 3. The van der Waals surface area contributed by atoms with Crippen molar-refractivity contribution in [2.75, 3.05) is 6.54 Å². The molecule has 1 aromatic rings. The van der Waals surface area contributed by atoms with Crippen LogP contribution in [0.3, 0.4) is 0 Å². The van der Waals surface area contributed by atoms with Crippen molar-refractivity contribution in [2.24, 2.45) is 17.3 Å². The summed E-state index contributed by atoms with van der Waals surface area (Å²) in [6.07, 6.45) is -1.14. The predicted octanol–water partition coefficient (Wildman–Crippen LogP) is 4.14. The summed E-state index contributed by atoms with van der Waals surface area (Å²) in [6, 6.07) is 4.87. The molecule has 44 heavy (non-hydrogen) atoms. The number of ketones is 1. The van der Waals surface area contributed by atoms with Crippen LogP contribution in [0.15, 0.2) is 30.3 Å². The van der Waals surface area contributed by atoms with Gasteiger partial charge in [0.2, 0.25) is 17.6 Å². The Balaban J connectivity index is 1.86. The smallest absolute Gasteiger partial charge is 0.408 e. The fourth-order valence-electron chi connectivity index (χ4n) is 6.07. The standard InChI is InChI=1S/C32H46F2N4O6/c1-8-12-23(25(39)28(41)35-19(4)20-13-10-9-11-14-20)36-27(40)24-21-15-16-32(33,34)22(21)17-38(24)29(42)26(31(5,6)7)37-30(43)44-18(2)3/h9-11,13-14,18-19,21-24,26H,8,12,15-17H2,1-7H3,(H,35,41)(H,36,40)(H,37,43)/t19-,21-,22-,23-,24-,26+/m0/s1. The van der Waals surface area contributed by atoms with E-state index in [1.54, 1.807) is 60.6 Å². The van der Waals surface area contributed by atoms with Gasteiger partial charge in [0.1, 0.15) is 12.1 Å². The molecule has 244 valence electrons. The number of Topliss-reactive ketones (excluding diaryl/α,β-unsaturated/α-hetero) is 1. The molecule has 2 fully saturated rings. The molecule has 1 aromatic carbocycles. The van der Waals surface area contributed by atoms with Crippen molar-refractivity contribution in [1.29, 1.82) is 0 Å². The highest BCUT2D eigenvalue weighted by Gasteiger charge is 2.61. The van der Waals surface area contributed by atoms with Crippen molar-refractivity contribution in [3.63, 3.8) is 0 Å². The maximum absolute atomic E-state index is 15.0. The quantitative estimate of drug-likeness (QED) is 0.319. The van der Waals surface area contributed by atoms with E-state index in [2.05, 4.69) is 16.0 Å². The van der Waals surface area contributed by atoms with Crippen LogP contribution in [-0.2, 0) is 23.9 Å². The van der Waals surface area contributed by atoms with Gasteiger partial charge in [-0.1, -0.05) is 64.4 Å². The number of rotatable bonds is 11. The normalized spacial score (nSPS) is 22.9. The van der Waals surface area contributed by atoms with Crippen LogP contribution in [0.1, 0.15) is 85.8 Å². The van der Waals surface area contributed by atoms with Gasteiger partial charge in [0, 0.05) is 18.9 Å². The second-order valence-corrected chi connectivity index (χ2v) is 13.2. The molecule has 4 amide bonds. The number of amides is 4. The number of halogens is 2. The molecule has 1 saturated heterocycles. The highest BCUT2D eigenvalue weighted by Crippen LogP contribution is 2.51. The molecule has 1 heterocycles. The zero-order valence-electron chi connectivity index (χ0n) is 26.6. The minimum atomic E-state index is -3.09. The van der Waals surface area contributed by atoms with Crippen molar-refractivity contribution in [2.45, 2.75) is 110 Å². The van der Waals surface area contributed by atoms with Crippen LogP contribution < -0.4 is 16.0 Å². The molecule has 1 aliphatic heterocycles. The van der Waals surface area contributed by atoms with Crippen molar-refractivity contribution in [3.05, 3.63) is 35.9 Å². The summed E-state index contributed by atoms with van der Waals surface area (Å²) in [5, 5.41) is 7.84. The molecule has 0 spiro atoms. The number of carbonyl (C=O) groups is 5. The molecule has 0 unspecified atom stereocenters. The lowest BCUT2D eigenvalue weighted by molar-refractivity contribution is -0.145. The number of fused-ring (bicyclic) bond motifs is 1. The van der Waals surface area contributed by atoms with Crippen molar-refractivity contribution in [1.82, 2.24) is 20.9 Å². The summed E-state index contributed by atoms with van der Waals surface area (Å²) >= 11 is 0. The predicted molar refractivity (Wildman–Crippen MR) is 160 cm³/mol. The van der Waals surface area contributed by atoms with E-state index < -0.39 is 89.5 Å². The average Bonchev–Trinajstić information content (AvgIpc) is 3.47. The zero-order chi connectivity index (χ0) is 33.0. The maximum Gasteiger partial charge on any atom is 0.408 e. The van der Waals surface area contributed by atoms with Crippen molar-refractivity contribution < 1.29 is 37.5 Å². The van der Waals surface area contributed by atoms with Gasteiger partial charge in [-0.05, 0) is 50.5 Å². The summed E-state index contributed by atoms with van der Waals surface area (Å²) in [5.74, 6) is -8.44. The molecule has 0 aromatic heterocycles. The first-order valence-electron chi connectivity index (χ1n) is 15.3. The van der Waals surface area contributed by atoms with Crippen LogP contribution in [0.4, 0.5) is 13.6 Å². The van der Waals surface area contributed by atoms with E-state index in [0.717, 1.165) is 10.5 Å². The lowest BCUT2D eigenvalue weighted by Crippen LogP contribution is -2.60. The van der Waals surface area contributed by atoms with E-state index in [-0.39, 0.29) is 19.4 Å². The van der Waals surface area contributed by atoms with E-state index in [0.29, 0.717) is 6.42 Å². The van der Waals surface area contributed by atoms with Gasteiger partial charge in [0.15, 0.2) is 0 Å². The van der Waals surface area contributed by atoms with Gasteiger partial charge < -0.3 is 25.6 Å². The third-order valence-electron chi connectivity index (χ3n) is 8.36. The van der Waals surface area contributed by atoms with E-state index in [1.807, 2.05) is 18.2 Å². The Morgan fingerprint density at radius 2 is 1.66 bits per heavy atom. The van der Waals surface area contributed by atoms with E-state index in [1.165, 1.54) is 0 Å². The third kappa shape index (κ3) is 8.12. The largest absolute Gasteiger partial charge is 0.447 e. The summed E-state index contributed by atoms with van der Waals surface area (Å²) < 4.78 is 35.1. The number of benzene rings is 1. The topological polar surface area (TPSA) is 134 Å². The molecule has 6 atom stereocenters. The lowest BCUT2D eigenvalue weighted by Gasteiger charge is -2.36. The van der Waals surface area contributed by atoms with Gasteiger partial charge in [0.25, 0.3) is 11.8 Å². The Kier molecular flexibility index (Phi) is 11.1. The summed E-state index contributed by atoms with van der Waals surface area (Å²) in [7, 11) is 0. The van der Waals surface area contributed by atoms with Crippen LogP contribution in [0, 0.1) is 17.3 Å². The van der Waals surface area contributed by atoms with Gasteiger partial charge >= 0.3 is 6.09 Å². The fourth-order valence-corrected chi connectivity index (χ4v) is 6.07. The molecule has 0 radical (unpaired) electrons. The van der Waals surface area contributed by atoms with Gasteiger partial charge in [-0.25, -0.2) is 13.6 Å². The fraction of sp³-hybridized carbons (Fsp3) is 0.656. The number of nitrogens with one attached hydrogen (secondary N) is 3. The number of alkyl halides is 2. The van der Waals surface area contributed by atoms with E-state index in [9.17, 15) is 32.8 Å². The third-order valence-corrected chi connectivity index (χ3v) is 8.36. The molecule has 10 nitrogen and oxygen atoms in total. The van der Waals surface area contributed by atoms with Crippen LogP contribution in [0.2, 0.25) is 0 Å². The molecule has 3 rings (SSSR count). The van der Waals surface area contributed by atoms with Gasteiger partial charge in [-0.15, -0.1) is 0 Å². The van der Waals surface area contributed by atoms with Gasteiger partial charge in [-0.2, -0.15) is 0 Å². The first kappa shape index (κ1) is 34.9. The van der Waals surface area contributed by atoms with Crippen LogP contribution in [0.5, 0.6) is 0 Å². The SMILES string of the molecule is CCC[C@H](NC(=O)[C@@H]1[C@H]2CCC(F)(F)[C@H]2CN1C(=O)[C@@H](NC(=O)OC(C)C)C(C)(C)C)C(=O)C(=O)N[C@@H](C)c1ccccc1. The van der Waals surface area contributed by atoms with Gasteiger partial charge in [-0.3, -0.25) is 19.2 Å². The summed E-state index contributed by atoms with van der Waals surface area (Å²) in [5.41, 5.74) is -0.0694. The molecular formula is C32H46F2N4O6. The van der Waals surface area contributed by atoms with E-state index in [4.69, 9.17) is 4.74 Å². The molecule has 0 bridgehead atoms. The van der Waals surface area contributed by atoms with Crippen LogP contribution in [-0.4, -0.2) is 71.2 Å². The molecule has 1 aliphatic carbocycles. The first-order valence-corrected chi connectivity index (χ1v) is 15.3. The number of ether oxygens (including phenoxy) is 1. The lowest BCUT2D eigenvalue weighted by atomic mass is 9.85. The Bertz CT molecular complexity index is 1220. The maximum atomic E-state index is 15.0. The molecule has 3 N–H and O–H groups in total. The number of likely N-dealkylation sites (tertiary alicyclic amines) is 1. The molecule has 1 saturated carbocycles. The van der Waals surface area contributed by atoms with E-state index >= 15 is 0 Å². The summed E-state index contributed by atoms with van der Waals surface area (Å²) in [4.78, 5) is 67.6. The number of carbonyl (C=O) groups excluding carboxylic acids is 5. The molecule has 2 aliphatic rings. The Morgan fingerprint density at radius 1 is 1.02 bits per heavy atom. The van der Waals surface area contributed by atoms with Crippen molar-refractivity contribution >= 4 is 29.6 Å². The molecular weight excluding hydrogens is 574 g/mol. The summed E-state index contributed by atoms with van der Waals surface area (Å²) in [6.45, 7) is 11.5.